The lowest BCUT2D eigenvalue weighted by atomic mass is 10.0. The average Bonchev–Trinajstić information content (AvgIpc) is 3.13. The molecule has 158 valence electrons. The summed E-state index contributed by atoms with van der Waals surface area (Å²) in [7, 11) is 0. The van der Waals surface area contributed by atoms with Crippen LogP contribution < -0.4 is 0 Å². The maximum atomic E-state index is 14.9. The molecule has 0 amide bonds. The van der Waals surface area contributed by atoms with E-state index in [9.17, 15) is 18.8 Å². The monoisotopic (exact) mass is 448 g/mol. The summed E-state index contributed by atoms with van der Waals surface area (Å²) in [4.78, 5) is 11.1. The Bertz CT molecular complexity index is 1400. The van der Waals surface area contributed by atoms with Gasteiger partial charge in [0.15, 0.2) is 5.82 Å². The number of nitrogens with zero attached hydrogens (tertiary/aromatic N) is 2. The summed E-state index contributed by atoms with van der Waals surface area (Å²) in [5.74, 6) is -2.01. The zero-order valence-corrected chi connectivity index (χ0v) is 17.3. The maximum Gasteiger partial charge on any atom is 0.335 e. The van der Waals surface area contributed by atoms with Gasteiger partial charge in [0.25, 0.3) is 0 Å². The molecule has 4 aromatic rings. The van der Waals surface area contributed by atoms with Crippen molar-refractivity contribution in [3.63, 3.8) is 0 Å². The Balaban J connectivity index is 1.83. The van der Waals surface area contributed by atoms with E-state index in [0.717, 1.165) is 5.56 Å². The standard InChI is InChI=1S/C25H15ClF2N2O2/c26-22-10-9-21-19(11-18(12-29)16-3-5-17(6-4-16)25(31)32)14-30(24(21)23(22)28)13-15-1-7-20(27)8-2-15/h1-11,14H,13H2,(H,31,32). The third-order valence-electron chi connectivity index (χ3n) is 5.09. The Morgan fingerprint density at radius 1 is 1.03 bits per heavy atom. The number of hydrogen-bond donors (Lipinski definition) is 1. The van der Waals surface area contributed by atoms with Gasteiger partial charge in [-0.2, -0.15) is 5.26 Å². The minimum atomic E-state index is -1.06. The van der Waals surface area contributed by atoms with Crippen molar-refractivity contribution in [3.05, 3.63) is 106 Å². The highest BCUT2D eigenvalue weighted by Crippen LogP contribution is 2.32. The second-order valence-corrected chi connectivity index (χ2v) is 7.56. The Morgan fingerprint density at radius 3 is 2.31 bits per heavy atom. The summed E-state index contributed by atoms with van der Waals surface area (Å²) in [6.07, 6.45) is 3.32. The van der Waals surface area contributed by atoms with Gasteiger partial charge in [-0.1, -0.05) is 41.9 Å². The number of aromatic nitrogens is 1. The highest BCUT2D eigenvalue weighted by molar-refractivity contribution is 6.31. The van der Waals surface area contributed by atoms with E-state index in [1.807, 2.05) is 0 Å². The van der Waals surface area contributed by atoms with E-state index in [1.54, 1.807) is 47.2 Å². The van der Waals surface area contributed by atoms with Crippen LogP contribution in [0, 0.1) is 23.0 Å². The molecule has 32 heavy (non-hydrogen) atoms. The molecule has 0 saturated heterocycles. The summed E-state index contributed by atoms with van der Waals surface area (Å²) in [6.45, 7) is 0.275. The van der Waals surface area contributed by atoms with E-state index >= 15 is 0 Å². The minimum Gasteiger partial charge on any atom is -0.478 e. The van der Waals surface area contributed by atoms with Gasteiger partial charge in [-0.25, -0.2) is 13.6 Å². The minimum absolute atomic E-state index is 0.0312. The van der Waals surface area contributed by atoms with Crippen LogP contribution in [0.15, 0.2) is 66.9 Å². The number of aromatic carboxylic acids is 1. The van der Waals surface area contributed by atoms with Crippen molar-refractivity contribution in [3.8, 4) is 6.07 Å². The fourth-order valence-electron chi connectivity index (χ4n) is 3.51. The third-order valence-corrected chi connectivity index (χ3v) is 5.38. The summed E-state index contributed by atoms with van der Waals surface area (Å²) in [5.41, 5.74) is 2.56. The van der Waals surface area contributed by atoms with Crippen molar-refractivity contribution in [2.45, 2.75) is 6.54 Å². The Morgan fingerprint density at radius 2 is 1.69 bits per heavy atom. The number of hydrogen-bond acceptors (Lipinski definition) is 2. The molecule has 1 aromatic heterocycles. The molecular weight excluding hydrogens is 434 g/mol. The third kappa shape index (κ3) is 4.11. The van der Waals surface area contributed by atoms with E-state index in [0.29, 0.717) is 16.5 Å². The quantitative estimate of drug-likeness (QED) is 0.360. The molecule has 0 bridgehead atoms. The van der Waals surface area contributed by atoms with Gasteiger partial charge < -0.3 is 9.67 Å². The summed E-state index contributed by atoms with van der Waals surface area (Å²) in [6, 6.07) is 17.1. The number of nitriles is 1. The van der Waals surface area contributed by atoms with Crippen LogP contribution in [-0.4, -0.2) is 15.6 Å². The van der Waals surface area contributed by atoms with Crippen LogP contribution in [0.2, 0.25) is 5.02 Å². The van der Waals surface area contributed by atoms with E-state index in [1.165, 1.54) is 30.3 Å². The lowest BCUT2D eigenvalue weighted by Crippen LogP contribution is -1.99. The molecule has 0 atom stereocenters. The molecule has 0 fully saturated rings. The normalized spacial score (nSPS) is 11.5. The molecule has 4 rings (SSSR count). The Kier molecular flexibility index (Phi) is 5.76. The van der Waals surface area contributed by atoms with E-state index < -0.39 is 11.8 Å². The van der Waals surface area contributed by atoms with E-state index in [-0.39, 0.29) is 34.0 Å². The van der Waals surface area contributed by atoms with Crippen molar-refractivity contribution in [2.24, 2.45) is 0 Å². The van der Waals surface area contributed by atoms with Gasteiger partial charge in [-0.3, -0.25) is 0 Å². The lowest BCUT2D eigenvalue weighted by molar-refractivity contribution is 0.0697. The fraction of sp³-hybridized carbons (Fsp3) is 0.0400. The predicted octanol–water partition coefficient (Wildman–Crippen LogP) is 6.38. The number of fused-ring (bicyclic) bond motifs is 1. The molecule has 0 aliphatic rings. The molecule has 7 heteroatoms. The summed E-state index contributed by atoms with van der Waals surface area (Å²) >= 11 is 6.01. The van der Waals surface area contributed by atoms with Gasteiger partial charge in [0.05, 0.1) is 27.7 Å². The summed E-state index contributed by atoms with van der Waals surface area (Å²) < 4.78 is 29.9. The number of benzene rings is 3. The number of rotatable bonds is 5. The van der Waals surface area contributed by atoms with Gasteiger partial charge in [-0.05, 0) is 47.5 Å². The van der Waals surface area contributed by atoms with Crippen LogP contribution in [0.4, 0.5) is 8.78 Å². The first kappa shape index (κ1) is 21.3. The lowest BCUT2D eigenvalue weighted by Gasteiger charge is -2.07. The fourth-order valence-corrected chi connectivity index (χ4v) is 3.66. The number of carboxylic acids is 1. The Hall–Kier alpha value is -3.95. The predicted molar refractivity (Wildman–Crippen MR) is 119 cm³/mol. The number of carbonyl (C=O) groups is 1. The van der Waals surface area contributed by atoms with Gasteiger partial charge in [0.1, 0.15) is 5.82 Å². The second-order valence-electron chi connectivity index (χ2n) is 7.15. The van der Waals surface area contributed by atoms with Crippen LogP contribution in [-0.2, 0) is 6.54 Å². The molecular formula is C25H15ClF2N2O2. The largest absolute Gasteiger partial charge is 0.478 e. The zero-order valence-electron chi connectivity index (χ0n) is 16.5. The molecule has 0 spiro atoms. The van der Waals surface area contributed by atoms with Gasteiger partial charge in [0, 0.05) is 23.7 Å². The van der Waals surface area contributed by atoms with Crippen LogP contribution in [0.3, 0.4) is 0 Å². The topological polar surface area (TPSA) is 66.0 Å². The number of halogens is 3. The van der Waals surface area contributed by atoms with Crippen LogP contribution in [0.25, 0.3) is 22.6 Å². The zero-order chi connectivity index (χ0) is 22.8. The molecule has 0 aliphatic carbocycles. The van der Waals surface area contributed by atoms with Gasteiger partial charge in [0.2, 0.25) is 0 Å². The molecule has 0 saturated carbocycles. The van der Waals surface area contributed by atoms with Crippen molar-refractivity contribution in [1.82, 2.24) is 4.57 Å². The van der Waals surface area contributed by atoms with Crippen LogP contribution in [0.1, 0.15) is 27.0 Å². The average molecular weight is 449 g/mol. The van der Waals surface area contributed by atoms with Crippen LogP contribution >= 0.6 is 11.6 Å². The van der Waals surface area contributed by atoms with Crippen molar-refractivity contribution >= 4 is 40.1 Å². The molecule has 3 aromatic carbocycles. The van der Waals surface area contributed by atoms with Crippen molar-refractivity contribution in [2.75, 3.05) is 0 Å². The van der Waals surface area contributed by atoms with Crippen molar-refractivity contribution < 1.29 is 18.7 Å². The highest BCUT2D eigenvalue weighted by Gasteiger charge is 2.16. The number of allylic oxidation sites excluding steroid dienone is 1. The summed E-state index contributed by atoms with van der Waals surface area (Å²) in [5, 5.41) is 19.3. The smallest absolute Gasteiger partial charge is 0.335 e. The SMILES string of the molecule is N#CC(=Cc1cn(Cc2ccc(F)cc2)c2c(F)c(Cl)ccc12)c1ccc(C(=O)O)cc1. The molecule has 1 N–H and O–H groups in total. The van der Waals surface area contributed by atoms with Gasteiger partial charge >= 0.3 is 5.97 Å². The van der Waals surface area contributed by atoms with E-state index in [4.69, 9.17) is 16.7 Å². The van der Waals surface area contributed by atoms with Crippen LogP contribution in [0.5, 0.6) is 0 Å². The molecule has 0 unspecified atom stereocenters. The number of carboxylic acid groups (broad SMARTS) is 1. The second kappa shape index (κ2) is 8.66. The molecule has 4 nitrogen and oxygen atoms in total. The first-order valence-corrected chi connectivity index (χ1v) is 9.92. The molecule has 0 aliphatic heterocycles. The molecule has 1 heterocycles. The van der Waals surface area contributed by atoms with Crippen molar-refractivity contribution in [1.29, 1.82) is 5.26 Å². The molecule has 0 radical (unpaired) electrons. The first-order chi connectivity index (χ1) is 15.4. The Labute approximate surface area is 187 Å². The van der Waals surface area contributed by atoms with Gasteiger partial charge in [-0.15, -0.1) is 0 Å². The van der Waals surface area contributed by atoms with E-state index in [2.05, 4.69) is 6.07 Å². The maximum absolute atomic E-state index is 14.9. The first-order valence-electron chi connectivity index (χ1n) is 9.54. The highest BCUT2D eigenvalue weighted by atomic mass is 35.5.